The fourth-order valence-electron chi connectivity index (χ4n) is 1.32. The SMILES string of the molecule is COC(=O)c1c(OC(F)(F)F)cnc([N+](=O)[O-])c1C. The molecule has 10 heteroatoms. The van der Waals surface area contributed by atoms with Crippen molar-refractivity contribution in [2.75, 3.05) is 7.11 Å². The van der Waals surface area contributed by atoms with Crippen LogP contribution in [0.2, 0.25) is 0 Å². The summed E-state index contributed by atoms with van der Waals surface area (Å²) < 4.78 is 44.3. The van der Waals surface area contributed by atoms with E-state index in [0.717, 1.165) is 14.0 Å². The minimum absolute atomic E-state index is 0.376. The smallest absolute Gasteiger partial charge is 0.465 e. The van der Waals surface area contributed by atoms with Crippen LogP contribution in [-0.2, 0) is 4.74 Å². The van der Waals surface area contributed by atoms with E-state index in [0.29, 0.717) is 6.20 Å². The van der Waals surface area contributed by atoms with Crippen molar-refractivity contribution in [3.63, 3.8) is 0 Å². The van der Waals surface area contributed by atoms with Gasteiger partial charge in [0.15, 0.2) is 11.9 Å². The largest absolute Gasteiger partial charge is 0.573 e. The summed E-state index contributed by atoms with van der Waals surface area (Å²) >= 11 is 0. The van der Waals surface area contributed by atoms with E-state index in [4.69, 9.17) is 0 Å². The Kier molecular flexibility index (Phi) is 3.92. The molecule has 0 aromatic carbocycles. The molecule has 0 aliphatic heterocycles. The average molecular weight is 280 g/mol. The monoisotopic (exact) mass is 280 g/mol. The lowest BCUT2D eigenvalue weighted by Crippen LogP contribution is -2.20. The standard InChI is InChI=1S/C9H7F3N2O5/c1-4-6(8(15)18-2)5(19-9(10,11)12)3-13-7(4)14(16)17/h3H,1-2H3. The van der Waals surface area contributed by atoms with Crippen LogP contribution in [0.15, 0.2) is 6.20 Å². The molecule has 0 saturated heterocycles. The number of nitro groups is 1. The fourth-order valence-corrected chi connectivity index (χ4v) is 1.32. The van der Waals surface area contributed by atoms with Crippen LogP contribution < -0.4 is 4.74 Å². The first-order valence-corrected chi connectivity index (χ1v) is 4.65. The lowest BCUT2D eigenvalue weighted by Gasteiger charge is -2.12. The number of halogens is 3. The number of esters is 1. The van der Waals surface area contributed by atoms with Gasteiger partial charge in [0, 0.05) is 0 Å². The number of hydrogen-bond acceptors (Lipinski definition) is 6. The molecule has 0 spiro atoms. The molecule has 0 radical (unpaired) electrons. The summed E-state index contributed by atoms with van der Waals surface area (Å²) in [6.07, 6.45) is -4.61. The van der Waals surface area contributed by atoms with Crippen LogP contribution in [-0.4, -0.2) is 29.3 Å². The number of aromatic nitrogens is 1. The predicted octanol–water partition coefficient (Wildman–Crippen LogP) is 1.98. The van der Waals surface area contributed by atoms with Gasteiger partial charge in [-0.3, -0.25) is 0 Å². The topological polar surface area (TPSA) is 91.6 Å². The Morgan fingerprint density at radius 3 is 2.47 bits per heavy atom. The number of carbonyl (C=O) groups excluding carboxylic acids is 1. The van der Waals surface area contributed by atoms with Crippen LogP contribution in [0, 0.1) is 17.0 Å². The Hall–Kier alpha value is -2.39. The number of carbonyl (C=O) groups is 1. The zero-order valence-corrected chi connectivity index (χ0v) is 9.65. The molecule has 1 rings (SSSR count). The van der Waals surface area contributed by atoms with Crippen molar-refractivity contribution in [2.45, 2.75) is 13.3 Å². The van der Waals surface area contributed by atoms with Gasteiger partial charge in [-0.2, -0.15) is 0 Å². The van der Waals surface area contributed by atoms with E-state index in [2.05, 4.69) is 14.5 Å². The van der Waals surface area contributed by atoms with Gasteiger partial charge < -0.3 is 19.6 Å². The lowest BCUT2D eigenvalue weighted by atomic mass is 10.1. The lowest BCUT2D eigenvalue weighted by molar-refractivity contribution is -0.390. The number of nitrogens with zero attached hydrogens (tertiary/aromatic N) is 2. The van der Waals surface area contributed by atoms with E-state index in [1.807, 2.05) is 0 Å². The van der Waals surface area contributed by atoms with Crippen molar-refractivity contribution in [1.82, 2.24) is 4.98 Å². The number of pyridine rings is 1. The Balaban J connectivity index is 3.44. The second-order valence-electron chi connectivity index (χ2n) is 3.24. The van der Waals surface area contributed by atoms with Crippen molar-refractivity contribution < 1.29 is 32.4 Å². The molecule has 0 unspecified atom stereocenters. The Bertz CT molecular complexity index is 529. The van der Waals surface area contributed by atoms with E-state index < -0.39 is 34.4 Å². The highest BCUT2D eigenvalue weighted by Crippen LogP contribution is 2.31. The molecule has 0 amide bonds. The third-order valence-electron chi connectivity index (χ3n) is 2.05. The Morgan fingerprint density at radius 2 is 2.05 bits per heavy atom. The van der Waals surface area contributed by atoms with E-state index in [1.54, 1.807) is 0 Å². The normalized spacial score (nSPS) is 11.0. The van der Waals surface area contributed by atoms with Crippen LogP contribution >= 0.6 is 0 Å². The molecular weight excluding hydrogens is 273 g/mol. The Labute approximate surface area is 104 Å². The van der Waals surface area contributed by atoms with Gasteiger partial charge in [0.25, 0.3) is 0 Å². The first kappa shape index (κ1) is 14.7. The van der Waals surface area contributed by atoms with E-state index in [-0.39, 0.29) is 5.56 Å². The number of alkyl halides is 3. The minimum Gasteiger partial charge on any atom is -0.465 e. The number of ether oxygens (including phenoxy) is 2. The van der Waals surface area contributed by atoms with Crippen LogP contribution in [0.3, 0.4) is 0 Å². The number of methoxy groups -OCH3 is 1. The predicted molar refractivity (Wildman–Crippen MR) is 53.7 cm³/mol. The molecule has 0 saturated carbocycles. The van der Waals surface area contributed by atoms with Crippen molar-refractivity contribution in [2.24, 2.45) is 0 Å². The molecular formula is C9H7F3N2O5. The van der Waals surface area contributed by atoms with Gasteiger partial charge in [-0.05, 0) is 16.8 Å². The van der Waals surface area contributed by atoms with Crippen LogP contribution in [0.1, 0.15) is 15.9 Å². The second-order valence-corrected chi connectivity index (χ2v) is 3.24. The summed E-state index contributed by atoms with van der Waals surface area (Å²) in [5, 5.41) is 10.6. The summed E-state index contributed by atoms with van der Waals surface area (Å²) in [6, 6.07) is 0. The summed E-state index contributed by atoms with van der Waals surface area (Å²) in [5.41, 5.74) is -1.07. The first-order chi connectivity index (χ1) is 8.67. The highest BCUT2D eigenvalue weighted by Gasteiger charge is 2.36. The third-order valence-corrected chi connectivity index (χ3v) is 2.05. The van der Waals surface area contributed by atoms with Gasteiger partial charge in [0.2, 0.25) is 0 Å². The van der Waals surface area contributed by atoms with Crippen molar-refractivity contribution in [3.8, 4) is 5.75 Å². The minimum atomic E-state index is -5.06. The van der Waals surface area contributed by atoms with E-state index >= 15 is 0 Å². The Morgan fingerprint density at radius 1 is 1.47 bits per heavy atom. The van der Waals surface area contributed by atoms with Crippen LogP contribution in [0.25, 0.3) is 0 Å². The molecule has 0 aliphatic rings. The molecule has 104 valence electrons. The first-order valence-electron chi connectivity index (χ1n) is 4.65. The van der Waals surface area contributed by atoms with Gasteiger partial charge in [-0.15, -0.1) is 13.2 Å². The fraction of sp³-hybridized carbons (Fsp3) is 0.333. The van der Waals surface area contributed by atoms with Crippen molar-refractivity contribution >= 4 is 11.8 Å². The average Bonchev–Trinajstić information content (AvgIpc) is 2.25. The second kappa shape index (κ2) is 5.08. The quantitative estimate of drug-likeness (QED) is 0.477. The summed E-state index contributed by atoms with van der Waals surface area (Å²) in [4.78, 5) is 24.3. The van der Waals surface area contributed by atoms with Gasteiger partial charge in [-0.25, -0.2) is 4.79 Å². The number of hydrogen-bond donors (Lipinski definition) is 0. The molecule has 0 fully saturated rings. The van der Waals surface area contributed by atoms with Crippen molar-refractivity contribution in [3.05, 3.63) is 27.4 Å². The summed E-state index contributed by atoms with van der Waals surface area (Å²) in [5.74, 6) is -2.90. The van der Waals surface area contributed by atoms with Crippen LogP contribution in [0.5, 0.6) is 5.75 Å². The van der Waals surface area contributed by atoms with Gasteiger partial charge in [-0.1, -0.05) is 0 Å². The molecule has 0 aliphatic carbocycles. The molecule has 7 nitrogen and oxygen atoms in total. The molecule has 1 aromatic heterocycles. The third kappa shape index (κ3) is 3.30. The highest BCUT2D eigenvalue weighted by molar-refractivity contribution is 5.94. The maximum atomic E-state index is 12.1. The number of rotatable bonds is 3. The van der Waals surface area contributed by atoms with Crippen LogP contribution in [0.4, 0.5) is 19.0 Å². The van der Waals surface area contributed by atoms with E-state index in [1.165, 1.54) is 0 Å². The zero-order valence-electron chi connectivity index (χ0n) is 9.65. The van der Waals surface area contributed by atoms with Crippen molar-refractivity contribution in [1.29, 1.82) is 0 Å². The highest BCUT2D eigenvalue weighted by atomic mass is 19.4. The molecule has 0 bridgehead atoms. The molecule has 19 heavy (non-hydrogen) atoms. The molecule has 0 N–H and O–H groups in total. The zero-order chi connectivity index (χ0) is 14.8. The van der Waals surface area contributed by atoms with E-state index in [9.17, 15) is 28.1 Å². The maximum Gasteiger partial charge on any atom is 0.573 e. The van der Waals surface area contributed by atoms with Gasteiger partial charge >= 0.3 is 18.1 Å². The molecule has 1 heterocycles. The van der Waals surface area contributed by atoms with Gasteiger partial charge in [0.1, 0.15) is 5.56 Å². The molecule has 1 aromatic rings. The van der Waals surface area contributed by atoms with Gasteiger partial charge in [0.05, 0.1) is 12.7 Å². The summed E-state index contributed by atoms with van der Waals surface area (Å²) in [7, 11) is 0.922. The summed E-state index contributed by atoms with van der Waals surface area (Å²) in [6.45, 7) is 1.07. The maximum absolute atomic E-state index is 12.1. The molecule has 0 atom stereocenters.